The first kappa shape index (κ1) is 9.98. The smallest absolute Gasteiger partial charge is 0.326 e. The molecule has 1 aromatic rings. The van der Waals surface area contributed by atoms with Crippen LogP contribution in [0.25, 0.3) is 0 Å². The van der Waals surface area contributed by atoms with Crippen LogP contribution in [0.3, 0.4) is 0 Å². The van der Waals surface area contributed by atoms with Gasteiger partial charge in [-0.1, -0.05) is 0 Å². The molecule has 13 heavy (non-hydrogen) atoms. The number of aromatic nitrogens is 1. The Kier molecular flexibility index (Phi) is 2.56. The molecular formula is C8H9F3N2. The van der Waals surface area contributed by atoms with Crippen molar-refractivity contribution in [1.82, 2.24) is 4.98 Å². The Morgan fingerprint density at radius 1 is 1.46 bits per heavy atom. The first-order valence-corrected chi connectivity index (χ1v) is 3.68. The molecule has 0 spiro atoms. The average molecular weight is 190 g/mol. The Labute approximate surface area is 73.6 Å². The SMILES string of the molecule is Cc1cnc(C(F)(F)F)cc1CN. The molecule has 0 bridgehead atoms. The van der Waals surface area contributed by atoms with Gasteiger partial charge in [0.1, 0.15) is 5.69 Å². The molecule has 1 rings (SSSR count). The van der Waals surface area contributed by atoms with E-state index >= 15 is 0 Å². The lowest BCUT2D eigenvalue weighted by Gasteiger charge is -2.08. The van der Waals surface area contributed by atoms with Crippen molar-refractivity contribution in [3.05, 3.63) is 29.1 Å². The molecule has 5 heteroatoms. The van der Waals surface area contributed by atoms with E-state index in [4.69, 9.17) is 5.73 Å². The minimum Gasteiger partial charge on any atom is -0.326 e. The zero-order valence-electron chi connectivity index (χ0n) is 7.02. The molecule has 0 saturated carbocycles. The van der Waals surface area contributed by atoms with E-state index in [0.29, 0.717) is 11.1 Å². The summed E-state index contributed by atoms with van der Waals surface area (Å²) in [4.78, 5) is 3.28. The van der Waals surface area contributed by atoms with E-state index < -0.39 is 11.9 Å². The molecule has 0 fully saturated rings. The van der Waals surface area contributed by atoms with Gasteiger partial charge in [-0.3, -0.25) is 4.98 Å². The molecule has 0 unspecified atom stereocenters. The van der Waals surface area contributed by atoms with E-state index in [0.717, 1.165) is 6.07 Å². The monoisotopic (exact) mass is 190 g/mol. The maximum absolute atomic E-state index is 12.1. The zero-order chi connectivity index (χ0) is 10.1. The zero-order valence-corrected chi connectivity index (χ0v) is 7.02. The molecule has 0 radical (unpaired) electrons. The number of halogens is 3. The van der Waals surface area contributed by atoms with Gasteiger partial charge in [-0.15, -0.1) is 0 Å². The van der Waals surface area contributed by atoms with E-state index in [2.05, 4.69) is 4.98 Å². The number of pyridine rings is 1. The third kappa shape index (κ3) is 2.18. The number of nitrogens with zero attached hydrogens (tertiary/aromatic N) is 1. The van der Waals surface area contributed by atoms with Crippen molar-refractivity contribution in [2.24, 2.45) is 5.73 Å². The lowest BCUT2D eigenvalue weighted by Crippen LogP contribution is -2.10. The number of aryl methyl sites for hydroxylation is 1. The molecule has 72 valence electrons. The van der Waals surface area contributed by atoms with Crippen LogP contribution in [-0.2, 0) is 12.7 Å². The Morgan fingerprint density at radius 3 is 2.54 bits per heavy atom. The van der Waals surface area contributed by atoms with Gasteiger partial charge in [0.15, 0.2) is 0 Å². The van der Waals surface area contributed by atoms with Gasteiger partial charge < -0.3 is 5.73 Å². The molecule has 0 amide bonds. The molecule has 0 aromatic carbocycles. The van der Waals surface area contributed by atoms with Gasteiger partial charge in [0.25, 0.3) is 0 Å². The fourth-order valence-corrected chi connectivity index (χ4v) is 0.940. The van der Waals surface area contributed by atoms with Crippen molar-refractivity contribution in [2.75, 3.05) is 0 Å². The van der Waals surface area contributed by atoms with Gasteiger partial charge in [0, 0.05) is 12.7 Å². The summed E-state index contributed by atoms with van der Waals surface area (Å²) in [7, 11) is 0. The van der Waals surface area contributed by atoms with Gasteiger partial charge in [-0.2, -0.15) is 13.2 Å². The maximum Gasteiger partial charge on any atom is 0.433 e. The third-order valence-corrected chi connectivity index (χ3v) is 1.73. The summed E-state index contributed by atoms with van der Waals surface area (Å²) < 4.78 is 36.4. The van der Waals surface area contributed by atoms with E-state index in [1.54, 1.807) is 6.92 Å². The Bertz CT molecular complexity index is 307. The lowest BCUT2D eigenvalue weighted by molar-refractivity contribution is -0.141. The highest BCUT2D eigenvalue weighted by Gasteiger charge is 2.32. The van der Waals surface area contributed by atoms with Crippen LogP contribution in [0.4, 0.5) is 13.2 Å². The van der Waals surface area contributed by atoms with Crippen LogP contribution < -0.4 is 5.73 Å². The highest BCUT2D eigenvalue weighted by atomic mass is 19.4. The summed E-state index contributed by atoms with van der Waals surface area (Å²) in [5.74, 6) is 0. The fraction of sp³-hybridized carbons (Fsp3) is 0.375. The van der Waals surface area contributed by atoms with Crippen molar-refractivity contribution in [3.63, 3.8) is 0 Å². The molecule has 0 atom stereocenters. The lowest BCUT2D eigenvalue weighted by atomic mass is 10.1. The van der Waals surface area contributed by atoms with E-state index in [1.807, 2.05) is 0 Å². The van der Waals surface area contributed by atoms with Crippen molar-refractivity contribution >= 4 is 0 Å². The fourth-order valence-electron chi connectivity index (χ4n) is 0.940. The van der Waals surface area contributed by atoms with Crippen LogP contribution in [0, 0.1) is 6.92 Å². The topological polar surface area (TPSA) is 38.9 Å². The molecule has 0 aliphatic carbocycles. The highest BCUT2D eigenvalue weighted by molar-refractivity contribution is 5.26. The predicted molar refractivity (Wildman–Crippen MR) is 41.9 cm³/mol. The highest BCUT2D eigenvalue weighted by Crippen LogP contribution is 2.28. The Hall–Kier alpha value is -1.10. The minimum atomic E-state index is -4.39. The van der Waals surface area contributed by atoms with Crippen LogP contribution in [0.15, 0.2) is 12.3 Å². The molecule has 2 nitrogen and oxygen atoms in total. The van der Waals surface area contributed by atoms with Crippen molar-refractivity contribution in [3.8, 4) is 0 Å². The normalized spacial score (nSPS) is 11.8. The number of hydrogen-bond donors (Lipinski definition) is 1. The summed E-state index contributed by atoms with van der Waals surface area (Å²) in [6, 6.07) is 0.981. The molecule has 0 saturated heterocycles. The van der Waals surface area contributed by atoms with Crippen LogP contribution >= 0.6 is 0 Å². The van der Waals surface area contributed by atoms with Gasteiger partial charge in [0.05, 0.1) is 0 Å². The van der Waals surface area contributed by atoms with Gasteiger partial charge in [0.2, 0.25) is 0 Å². The summed E-state index contributed by atoms with van der Waals surface area (Å²) >= 11 is 0. The van der Waals surface area contributed by atoms with Gasteiger partial charge in [-0.25, -0.2) is 0 Å². The quantitative estimate of drug-likeness (QED) is 0.734. The van der Waals surface area contributed by atoms with Gasteiger partial charge in [-0.05, 0) is 24.1 Å². The van der Waals surface area contributed by atoms with Gasteiger partial charge >= 0.3 is 6.18 Å². The maximum atomic E-state index is 12.1. The first-order valence-electron chi connectivity index (χ1n) is 3.68. The second-order valence-electron chi connectivity index (χ2n) is 2.70. The van der Waals surface area contributed by atoms with Crippen LogP contribution in [0.2, 0.25) is 0 Å². The molecule has 0 aliphatic rings. The largest absolute Gasteiger partial charge is 0.433 e. The number of nitrogens with two attached hydrogens (primary N) is 1. The predicted octanol–water partition coefficient (Wildman–Crippen LogP) is 1.87. The second-order valence-corrected chi connectivity index (χ2v) is 2.70. The number of rotatable bonds is 1. The number of alkyl halides is 3. The molecule has 1 heterocycles. The summed E-state index contributed by atoms with van der Waals surface area (Å²) in [5.41, 5.74) is 5.53. The molecule has 0 aliphatic heterocycles. The minimum absolute atomic E-state index is 0.0947. The van der Waals surface area contributed by atoms with E-state index in [9.17, 15) is 13.2 Å². The summed E-state index contributed by atoms with van der Waals surface area (Å²) in [5, 5.41) is 0. The summed E-state index contributed by atoms with van der Waals surface area (Å²) in [6.45, 7) is 1.77. The van der Waals surface area contributed by atoms with Crippen LogP contribution in [0.5, 0.6) is 0 Å². The Balaban J connectivity index is 3.14. The van der Waals surface area contributed by atoms with E-state index in [1.165, 1.54) is 6.20 Å². The third-order valence-electron chi connectivity index (χ3n) is 1.73. The molecular weight excluding hydrogens is 181 g/mol. The van der Waals surface area contributed by atoms with Crippen LogP contribution in [0.1, 0.15) is 16.8 Å². The van der Waals surface area contributed by atoms with Crippen molar-refractivity contribution < 1.29 is 13.2 Å². The van der Waals surface area contributed by atoms with Crippen molar-refractivity contribution in [1.29, 1.82) is 0 Å². The molecule has 2 N–H and O–H groups in total. The van der Waals surface area contributed by atoms with Crippen LogP contribution in [-0.4, -0.2) is 4.98 Å². The first-order chi connectivity index (χ1) is 5.95. The van der Waals surface area contributed by atoms with E-state index in [-0.39, 0.29) is 6.54 Å². The van der Waals surface area contributed by atoms with Crippen molar-refractivity contribution in [2.45, 2.75) is 19.6 Å². The number of hydrogen-bond acceptors (Lipinski definition) is 2. The standard InChI is InChI=1S/C8H9F3N2/c1-5-4-13-7(8(9,10)11)2-6(5)3-12/h2,4H,3,12H2,1H3. The second kappa shape index (κ2) is 3.33. The average Bonchev–Trinajstić information content (AvgIpc) is 2.03. The summed E-state index contributed by atoms with van der Waals surface area (Å²) in [6.07, 6.45) is -3.21. The Morgan fingerprint density at radius 2 is 2.08 bits per heavy atom. The molecule has 1 aromatic heterocycles.